The van der Waals surface area contributed by atoms with E-state index in [0.29, 0.717) is 12.3 Å². The van der Waals surface area contributed by atoms with Crippen LogP contribution in [0.3, 0.4) is 0 Å². The first kappa shape index (κ1) is 14.0. The fourth-order valence-corrected chi connectivity index (χ4v) is 5.33. The molecule has 1 aliphatic rings. The number of hydrogen-bond acceptors (Lipinski definition) is 5. The smallest absolute Gasteiger partial charge is 0.154 e. The molecule has 1 aliphatic heterocycles. The predicted molar refractivity (Wildman–Crippen MR) is 82.8 cm³/mol. The third-order valence-corrected chi connectivity index (χ3v) is 7.29. The lowest BCUT2D eigenvalue weighted by molar-refractivity contribution is 0.537. The number of para-hydroxylation sites is 1. The van der Waals surface area contributed by atoms with Crippen LogP contribution >= 0.6 is 11.3 Å². The van der Waals surface area contributed by atoms with E-state index in [4.69, 9.17) is 0 Å². The Hall–Kier alpha value is -0.980. The summed E-state index contributed by atoms with van der Waals surface area (Å²) >= 11 is 1.66. The molecular weight excluding hydrogens is 292 g/mol. The SMILES string of the molecule is CC(NCC1CCCS1(=O)=O)c1nc2ccccc2s1. The Morgan fingerprint density at radius 3 is 2.95 bits per heavy atom. The molecule has 0 saturated carbocycles. The van der Waals surface area contributed by atoms with E-state index < -0.39 is 9.84 Å². The molecule has 2 heterocycles. The number of sulfone groups is 1. The fourth-order valence-electron chi connectivity index (χ4n) is 2.56. The Labute approximate surface area is 123 Å². The molecule has 0 aliphatic carbocycles. The molecule has 3 rings (SSSR count). The van der Waals surface area contributed by atoms with E-state index >= 15 is 0 Å². The maximum absolute atomic E-state index is 11.8. The van der Waals surface area contributed by atoms with Crippen LogP contribution in [0, 0.1) is 0 Å². The van der Waals surface area contributed by atoms with E-state index in [1.807, 2.05) is 25.1 Å². The van der Waals surface area contributed by atoms with Crippen LogP contribution in [0.4, 0.5) is 0 Å². The minimum atomic E-state index is -2.87. The number of aromatic nitrogens is 1. The van der Waals surface area contributed by atoms with Gasteiger partial charge >= 0.3 is 0 Å². The van der Waals surface area contributed by atoms with E-state index in [1.54, 1.807) is 11.3 Å². The largest absolute Gasteiger partial charge is 0.307 e. The zero-order chi connectivity index (χ0) is 14.2. The number of benzene rings is 1. The second-order valence-electron chi connectivity index (χ2n) is 5.28. The predicted octanol–water partition coefficient (Wildman–Crippen LogP) is 2.52. The third kappa shape index (κ3) is 2.73. The van der Waals surface area contributed by atoms with Gasteiger partial charge in [-0.2, -0.15) is 0 Å². The number of nitrogens with one attached hydrogen (secondary N) is 1. The van der Waals surface area contributed by atoms with E-state index in [9.17, 15) is 8.42 Å². The van der Waals surface area contributed by atoms with Crippen molar-refractivity contribution in [2.45, 2.75) is 31.1 Å². The molecule has 0 bridgehead atoms. The molecule has 1 fully saturated rings. The lowest BCUT2D eigenvalue weighted by atomic mass is 10.2. The van der Waals surface area contributed by atoms with Crippen molar-refractivity contribution in [3.63, 3.8) is 0 Å². The first-order valence-electron chi connectivity index (χ1n) is 6.87. The number of rotatable bonds is 4. The Balaban J connectivity index is 1.68. The van der Waals surface area contributed by atoms with E-state index in [0.717, 1.165) is 23.4 Å². The summed E-state index contributed by atoms with van der Waals surface area (Å²) in [5.41, 5.74) is 1.01. The summed E-state index contributed by atoms with van der Waals surface area (Å²) in [5.74, 6) is 0.342. The molecule has 0 radical (unpaired) electrons. The average Bonchev–Trinajstić information content (AvgIpc) is 2.98. The van der Waals surface area contributed by atoms with Gasteiger partial charge in [-0.25, -0.2) is 13.4 Å². The third-order valence-electron chi connectivity index (χ3n) is 3.80. The zero-order valence-corrected chi connectivity index (χ0v) is 13.0. The van der Waals surface area contributed by atoms with Gasteiger partial charge in [-0.3, -0.25) is 0 Å². The average molecular weight is 310 g/mol. The number of thiazole rings is 1. The van der Waals surface area contributed by atoms with Gasteiger partial charge in [0.15, 0.2) is 9.84 Å². The van der Waals surface area contributed by atoms with Crippen LogP contribution < -0.4 is 5.32 Å². The molecule has 1 aromatic heterocycles. The molecule has 6 heteroatoms. The van der Waals surface area contributed by atoms with Crippen LogP contribution in [0.1, 0.15) is 30.8 Å². The van der Waals surface area contributed by atoms with Crippen LogP contribution in [-0.4, -0.2) is 30.9 Å². The van der Waals surface area contributed by atoms with Gasteiger partial charge in [0.1, 0.15) is 5.01 Å². The molecule has 108 valence electrons. The van der Waals surface area contributed by atoms with Crippen LogP contribution in [0.25, 0.3) is 10.2 Å². The lowest BCUT2D eigenvalue weighted by Gasteiger charge is -2.14. The van der Waals surface area contributed by atoms with Gasteiger partial charge in [0.05, 0.1) is 27.3 Å². The van der Waals surface area contributed by atoms with Crippen molar-refractivity contribution < 1.29 is 8.42 Å². The summed E-state index contributed by atoms with van der Waals surface area (Å²) in [6.45, 7) is 2.57. The highest BCUT2D eigenvalue weighted by atomic mass is 32.2. The van der Waals surface area contributed by atoms with Gasteiger partial charge in [-0.1, -0.05) is 12.1 Å². The number of fused-ring (bicyclic) bond motifs is 1. The normalized spacial score (nSPS) is 23.1. The van der Waals surface area contributed by atoms with Crippen LogP contribution in [0.15, 0.2) is 24.3 Å². The van der Waals surface area contributed by atoms with Crippen molar-refractivity contribution in [1.82, 2.24) is 10.3 Å². The van der Waals surface area contributed by atoms with Gasteiger partial charge in [-0.15, -0.1) is 11.3 Å². The van der Waals surface area contributed by atoms with Crippen molar-refractivity contribution in [3.05, 3.63) is 29.3 Å². The number of nitrogens with zero attached hydrogens (tertiary/aromatic N) is 1. The molecule has 0 spiro atoms. The molecule has 4 nitrogen and oxygen atoms in total. The Kier molecular flexibility index (Phi) is 3.79. The molecule has 2 aromatic rings. The van der Waals surface area contributed by atoms with Gasteiger partial charge in [0.2, 0.25) is 0 Å². The van der Waals surface area contributed by atoms with Crippen molar-refractivity contribution in [3.8, 4) is 0 Å². The molecule has 1 saturated heterocycles. The highest BCUT2D eigenvalue weighted by molar-refractivity contribution is 7.92. The maximum atomic E-state index is 11.8. The molecule has 2 unspecified atom stereocenters. The van der Waals surface area contributed by atoms with Gasteiger partial charge in [0, 0.05) is 6.54 Å². The van der Waals surface area contributed by atoms with Crippen molar-refractivity contribution in [2.24, 2.45) is 0 Å². The zero-order valence-electron chi connectivity index (χ0n) is 11.4. The van der Waals surface area contributed by atoms with E-state index in [1.165, 1.54) is 4.70 Å². The van der Waals surface area contributed by atoms with Crippen LogP contribution in [-0.2, 0) is 9.84 Å². The quantitative estimate of drug-likeness (QED) is 0.943. The first-order valence-corrected chi connectivity index (χ1v) is 9.40. The summed E-state index contributed by atoms with van der Waals surface area (Å²) in [5, 5.41) is 4.12. The van der Waals surface area contributed by atoms with Gasteiger partial charge in [0.25, 0.3) is 0 Å². The summed E-state index contributed by atoms with van der Waals surface area (Å²) in [4.78, 5) is 4.60. The monoisotopic (exact) mass is 310 g/mol. The Bertz CT molecular complexity index is 676. The van der Waals surface area contributed by atoms with Crippen LogP contribution in [0.2, 0.25) is 0 Å². The van der Waals surface area contributed by atoms with Crippen LogP contribution in [0.5, 0.6) is 0 Å². The summed E-state index contributed by atoms with van der Waals surface area (Å²) in [7, 11) is -2.87. The van der Waals surface area contributed by atoms with Crippen molar-refractivity contribution >= 4 is 31.4 Å². The number of hydrogen-bond donors (Lipinski definition) is 1. The molecule has 0 amide bonds. The van der Waals surface area contributed by atoms with Gasteiger partial charge < -0.3 is 5.32 Å². The minimum absolute atomic E-state index is 0.0863. The van der Waals surface area contributed by atoms with Crippen molar-refractivity contribution in [2.75, 3.05) is 12.3 Å². The summed E-state index contributed by atoms with van der Waals surface area (Å²) in [6.07, 6.45) is 1.58. The topological polar surface area (TPSA) is 59.1 Å². The minimum Gasteiger partial charge on any atom is -0.307 e. The first-order chi connectivity index (χ1) is 9.56. The maximum Gasteiger partial charge on any atom is 0.154 e. The molecule has 20 heavy (non-hydrogen) atoms. The summed E-state index contributed by atoms with van der Waals surface area (Å²) in [6, 6.07) is 8.14. The molecule has 1 aromatic carbocycles. The molecule has 2 atom stereocenters. The fraction of sp³-hybridized carbons (Fsp3) is 0.500. The van der Waals surface area contributed by atoms with E-state index in [2.05, 4.69) is 16.4 Å². The second kappa shape index (κ2) is 5.42. The molecule has 1 N–H and O–H groups in total. The standard InChI is InChI=1S/C14H18N2O2S2/c1-10(15-9-11-5-4-8-20(11,17)18)14-16-12-6-2-3-7-13(12)19-14/h2-3,6-7,10-11,15H,4-5,8-9H2,1H3. The summed E-state index contributed by atoms with van der Waals surface area (Å²) < 4.78 is 24.8. The second-order valence-corrected chi connectivity index (χ2v) is 8.74. The lowest BCUT2D eigenvalue weighted by Crippen LogP contribution is -2.32. The van der Waals surface area contributed by atoms with Gasteiger partial charge in [-0.05, 0) is 31.9 Å². The Morgan fingerprint density at radius 2 is 2.25 bits per heavy atom. The highest BCUT2D eigenvalue weighted by Crippen LogP contribution is 2.26. The highest BCUT2D eigenvalue weighted by Gasteiger charge is 2.31. The Morgan fingerprint density at radius 1 is 1.45 bits per heavy atom. The van der Waals surface area contributed by atoms with Crippen molar-refractivity contribution in [1.29, 1.82) is 0 Å². The molecular formula is C14H18N2O2S2. The van der Waals surface area contributed by atoms with E-state index in [-0.39, 0.29) is 11.3 Å².